The average molecular weight is 2160 g/mol. The summed E-state index contributed by atoms with van der Waals surface area (Å²) in [6, 6.07) is 56.0. The molecule has 5 spiro atoms. The molecule has 27 rings (SSSR count). The van der Waals surface area contributed by atoms with Crippen LogP contribution in [0.15, 0.2) is 241 Å². The van der Waals surface area contributed by atoms with Crippen molar-refractivity contribution < 1.29 is 70.0 Å². The number of aromatic nitrogens is 17. The van der Waals surface area contributed by atoms with E-state index in [1.54, 1.807) is 29.9 Å². The number of aliphatic hydroxyl groups is 10. The first-order valence-electron chi connectivity index (χ1n) is 51.6. The Bertz CT molecular complexity index is 7450. The van der Waals surface area contributed by atoms with Crippen molar-refractivity contribution in [1.29, 1.82) is 0 Å². The van der Waals surface area contributed by atoms with Crippen molar-refractivity contribution in [3.63, 3.8) is 0 Å². The summed E-state index contributed by atoms with van der Waals surface area (Å²) in [6.07, 6.45) is 16.5. The fraction of sp³-hybridized carbons (Fsp3) is 0.416. The monoisotopic (exact) mass is 2160 g/mol. The fourth-order valence-corrected chi connectivity index (χ4v) is 26.6. The summed E-state index contributed by atoms with van der Waals surface area (Å²) < 4.78 is 36.5. The molecule has 10 aliphatic rings. The second-order valence-corrected chi connectivity index (χ2v) is 44.7. The number of ether oxygens (including phenoxy) is 4. The summed E-state index contributed by atoms with van der Waals surface area (Å²) >= 11 is 6.85. The van der Waals surface area contributed by atoms with Gasteiger partial charge in [-0.1, -0.05) is 115 Å². The van der Waals surface area contributed by atoms with E-state index in [-0.39, 0.29) is 60.0 Å². The molecular weight excluding hydrogens is 2040 g/mol. The van der Waals surface area contributed by atoms with Crippen molar-refractivity contribution in [3.05, 3.63) is 298 Å². The molecule has 4 saturated carbocycles. The van der Waals surface area contributed by atoms with Gasteiger partial charge in [0.05, 0.1) is 135 Å². The number of rotatable bonds is 10. The predicted molar refractivity (Wildman–Crippen MR) is 570 cm³/mol. The van der Waals surface area contributed by atoms with E-state index in [1.807, 2.05) is 205 Å². The Balaban J connectivity index is 0.000000103. The summed E-state index contributed by atoms with van der Waals surface area (Å²) in [4.78, 5) is 52.3. The van der Waals surface area contributed by atoms with Crippen LogP contribution in [0.3, 0.4) is 0 Å². The third-order valence-electron chi connectivity index (χ3n) is 34.5. The molecule has 6 aliphatic heterocycles. The predicted octanol–water partition coefficient (Wildman–Crippen LogP) is 14.2. The van der Waals surface area contributed by atoms with Crippen LogP contribution in [0, 0.1) is 56.3 Å². The zero-order valence-corrected chi connectivity index (χ0v) is 86.8. The molecule has 0 amide bonds. The number of nitrogens with two attached hydrogens (primary N) is 2. The largest absolute Gasteiger partial charge is 0.390 e. The third-order valence-corrected chi connectivity index (χ3v) is 35.8. The molecule has 35 nitrogen and oxygen atoms in total. The van der Waals surface area contributed by atoms with E-state index in [0.717, 1.165) is 177 Å². The molecule has 25 unspecified atom stereocenters. The maximum absolute atomic E-state index is 11.1. The molecule has 16 N–H and O–H groups in total. The topological polar surface area (TPSA) is 495 Å². The Morgan fingerprint density at radius 3 is 0.993 bits per heavy atom. The minimum Gasteiger partial charge on any atom is -0.390 e. The van der Waals surface area contributed by atoms with Crippen LogP contribution in [0.1, 0.15) is 194 Å². The van der Waals surface area contributed by atoms with Gasteiger partial charge in [-0.25, -0.2) is 59.8 Å². The SMILES string of the molecule is Cc1ncnc2c1ccn2C1CC2(CCC(c3ccc4cc(Br)c(N)nc4c3)OC2)C(O)C1O.Cc1ncnc2c1ccn2C1CC2(CCC(c3ccc4cc(Br)c(N)nc4c3)OC2)C(O)C1O.Cc1ncnc2c1ccn2C1CC2(CCC(c3ccccc3)OC2)C(O)C1O.Cc1ncnc2c1ccn2C1CC2(CNC(c3ccccc3)C2)C(O)C1O.Cc1ncnc2c1ccn2C1OC2(CNC(c3ccccc3)C2)C(O)C1O. The number of aliphatic hydroxyl groups excluding tert-OH is 10. The maximum atomic E-state index is 11.1. The number of anilines is 2. The number of nitrogen functional groups attached to an aromatic ring is 2. The molecule has 4 aliphatic carbocycles. The smallest absolute Gasteiger partial charge is 0.164 e. The molecule has 18 heterocycles. The second kappa shape index (κ2) is 40.5. The van der Waals surface area contributed by atoms with Gasteiger partial charge in [0, 0.05) is 116 Å². The van der Waals surface area contributed by atoms with Gasteiger partial charge in [-0.05, 0) is 226 Å². The van der Waals surface area contributed by atoms with Crippen LogP contribution in [0.4, 0.5) is 11.6 Å². The van der Waals surface area contributed by atoms with Gasteiger partial charge in [0.2, 0.25) is 0 Å². The maximum Gasteiger partial charge on any atom is 0.164 e. The molecule has 17 aromatic rings. The van der Waals surface area contributed by atoms with Gasteiger partial charge in [-0.15, -0.1) is 0 Å². The number of nitrogens with one attached hydrogen (secondary N) is 2. The summed E-state index contributed by atoms with van der Waals surface area (Å²) in [5.41, 5.74) is 25.1. The Hall–Kier alpha value is -12.1. The highest BCUT2D eigenvalue weighted by molar-refractivity contribution is 9.11. The van der Waals surface area contributed by atoms with Crippen LogP contribution < -0.4 is 22.1 Å². The minimum atomic E-state index is -1.04. The summed E-state index contributed by atoms with van der Waals surface area (Å²) in [5, 5.41) is 123. The van der Waals surface area contributed by atoms with Crippen molar-refractivity contribution in [1.82, 2.24) is 93.3 Å². The lowest BCUT2D eigenvalue weighted by Gasteiger charge is -2.40. The van der Waals surface area contributed by atoms with Gasteiger partial charge in [0.15, 0.2) is 6.23 Å². The Morgan fingerprint density at radius 1 is 0.327 bits per heavy atom. The highest BCUT2D eigenvalue weighted by atomic mass is 79.9. The van der Waals surface area contributed by atoms with Crippen LogP contribution in [0.2, 0.25) is 0 Å². The lowest BCUT2D eigenvalue weighted by Crippen LogP contribution is -2.44. The minimum absolute atomic E-state index is 0.0537. The highest BCUT2D eigenvalue weighted by Gasteiger charge is 2.62. The normalized spacial score (nSPS) is 31.5. The molecule has 0 radical (unpaired) electrons. The number of pyridine rings is 2. The molecule has 25 atom stereocenters. The van der Waals surface area contributed by atoms with Gasteiger partial charge < -0.3 is 115 Å². The quantitative estimate of drug-likeness (QED) is 0.0605. The van der Waals surface area contributed by atoms with Crippen molar-refractivity contribution in [3.8, 4) is 0 Å². The molecule has 150 heavy (non-hydrogen) atoms. The van der Waals surface area contributed by atoms with Crippen molar-refractivity contribution in [2.24, 2.45) is 21.7 Å². The van der Waals surface area contributed by atoms with Crippen LogP contribution in [0.5, 0.6) is 0 Å². The molecule has 6 saturated heterocycles. The van der Waals surface area contributed by atoms with Gasteiger partial charge in [-0.2, -0.15) is 0 Å². The van der Waals surface area contributed by atoms with Gasteiger partial charge in [-0.3, -0.25) is 0 Å². The van der Waals surface area contributed by atoms with Crippen LogP contribution in [-0.4, -0.2) is 233 Å². The highest BCUT2D eigenvalue weighted by Crippen LogP contribution is 2.59. The van der Waals surface area contributed by atoms with E-state index < -0.39 is 89.1 Å². The van der Waals surface area contributed by atoms with E-state index in [4.69, 9.17) is 30.4 Å². The Labute approximate surface area is 880 Å². The van der Waals surface area contributed by atoms with Gasteiger partial charge in [0.25, 0.3) is 0 Å². The molecule has 0 bridgehead atoms. The van der Waals surface area contributed by atoms with E-state index in [0.29, 0.717) is 75.9 Å². The zero-order chi connectivity index (χ0) is 104. The average Bonchev–Trinajstić information content (AvgIpc) is 1.60. The van der Waals surface area contributed by atoms with E-state index in [1.165, 1.54) is 17.5 Å². The van der Waals surface area contributed by atoms with Crippen molar-refractivity contribution in [2.75, 3.05) is 44.4 Å². The first-order valence-corrected chi connectivity index (χ1v) is 53.2. The number of nitrogens with zero attached hydrogens (tertiary/aromatic N) is 17. The number of halogens is 2. The standard InChI is InChI=1S/2C25H26BrN5O3.C22H25N3O3.C21H24N4O2.C20H22N4O3/c2*1-13-16-5-7-31(24(16)29-12-28-13)19-10-25(22(33)21(19)32)6-4-20(34-11-25)15-3-2-14-8-17(26)23(27)30-18(14)9-15;1-14-16-8-10-25(21(16)24-13-23-14)17-11-22(20(27)19(17)26)9-7-18(28-12-22)15-5-3-2-4-6-15;1-13-15-7-8-25(20(15)24-12-23-13)17-10-21(19(27)18(17)26)9-16(22-11-21)14-5-3-2-4-6-14;1-12-14-7-8-24(18(14)23-11-22-12)19-16(25)17(26)20(27-19)9-15(21-10-20)13-5-3-2-4-6-13/h2*2-3,5,7-9,12,19-22,32-33H,4,6,10-11H2,1H3,(H2,27,30);2-6,8,10,13,17-20,26-27H,7,9,11-12H2,1H3;2-8,12,16-19,22,26-27H,9-11H2,1H3;2-8,11,15-17,19,21,25-26H,9-10H2,1H3. The third kappa shape index (κ3) is 18.1. The molecule has 10 fully saturated rings. The summed E-state index contributed by atoms with van der Waals surface area (Å²) in [5.74, 6) is 0.917. The Morgan fingerprint density at radius 2 is 0.640 bits per heavy atom. The summed E-state index contributed by atoms with van der Waals surface area (Å²) in [7, 11) is 0. The zero-order valence-electron chi connectivity index (χ0n) is 83.6. The van der Waals surface area contributed by atoms with Crippen molar-refractivity contribution in [2.45, 2.75) is 239 Å². The molecule has 37 heteroatoms. The van der Waals surface area contributed by atoms with E-state index >= 15 is 0 Å². The van der Waals surface area contributed by atoms with Gasteiger partial charge >= 0.3 is 0 Å². The molecule has 5 aromatic carbocycles. The fourth-order valence-electron chi connectivity index (χ4n) is 25.9. The number of hydrogen-bond acceptors (Lipinski definition) is 30. The summed E-state index contributed by atoms with van der Waals surface area (Å²) in [6.45, 7) is 12.1. The van der Waals surface area contributed by atoms with Gasteiger partial charge in [0.1, 0.15) is 114 Å². The number of hydrogen-bond donors (Lipinski definition) is 14. The molecule has 778 valence electrons. The lowest BCUT2D eigenvalue weighted by atomic mass is 9.76. The van der Waals surface area contributed by atoms with E-state index in [2.05, 4.69) is 151 Å². The van der Waals surface area contributed by atoms with Crippen LogP contribution in [0.25, 0.3) is 77.0 Å². The first kappa shape index (κ1) is 101. The van der Waals surface area contributed by atoms with Crippen molar-refractivity contribution >= 4 is 120 Å². The lowest BCUT2D eigenvalue weighted by molar-refractivity contribution is -0.120. The first-order chi connectivity index (χ1) is 72.5. The number of benzene rings is 5. The Kier molecular flexibility index (Phi) is 27.3. The van der Waals surface area contributed by atoms with Crippen LogP contribution in [-0.2, 0) is 18.9 Å². The molecule has 12 aromatic heterocycles. The number of aryl methyl sites for hydroxylation is 5. The van der Waals surface area contributed by atoms with Crippen LogP contribution >= 0.6 is 31.9 Å². The number of fused-ring (bicyclic) bond motifs is 7. The second-order valence-electron chi connectivity index (χ2n) is 43.0. The molecular formula is C113H123Br2N21O14. The van der Waals surface area contributed by atoms with E-state index in [9.17, 15) is 51.1 Å².